The molecular formula is C31H41N9O7. The summed E-state index contributed by atoms with van der Waals surface area (Å²) in [6.07, 6.45) is 1.68. The molecule has 0 spiro atoms. The predicted molar refractivity (Wildman–Crippen MR) is 174 cm³/mol. The van der Waals surface area contributed by atoms with E-state index in [9.17, 15) is 34.2 Å². The van der Waals surface area contributed by atoms with Gasteiger partial charge in [-0.3, -0.25) is 24.2 Å². The van der Waals surface area contributed by atoms with Crippen LogP contribution in [0.15, 0.2) is 59.7 Å². The fourth-order valence-corrected chi connectivity index (χ4v) is 4.82. The topological polar surface area (TPSA) is 294 Å². The molecule has 4 atom stereocenters. The highest BCUT2D eigenvalue weighted by Gasteiger charge is 2.31. The Morgan fingerprint density at radius 1 is 0.809 bits per heavy atom. The van der Waals surface area contributed by atoms with Crippen LogP contribution in [0.4, 0.5) is 0 Å². The molecule has 1 heterocycles. The van der Waals surface area contributed by atoms with E-state index in [0.29, 0.717) is 11.1 Å². The van der Waals surface area contributed by atoms with E-state index >= 15 is 0 Å². The summed E-state index contributed by atoms with van der Waals surface area (Å²) in [6.45, 7) is 0.127. The molecule has 3 rings (SSSR count). The molecule has 252 valence electrons. The number of phenolic OH excluding ortho intramolecular Hbond substituents is 1. The second-order valence-corrected chi connectivity index (χ2v) is 11.0. The van der Waals surface area contributed by atoms with E-state index in [4.69, 9.17) is 22.9 Å². The number of hydrogen-bond donors (Lipinski definition) is 10. The van der Waals surface area contributed by atoms with Crippen molar-refractivity contribution in [3.63, 3.8) is 0 Å². The first kappa shape index (κ1) is 35.8. The summed E-state index contributed by atoms with van der Waals surface area (Å²) in [7, 11) is 0. The quantitative estimate of drug-likeness (QED) is 0.0447. The average molecular weight is 652 g/mol. The van der Waals surface area contributed by atoms with Gasteiger partial charge in [0.05, 0.1) is 6.04 Å². The van der Waals surface area contributed by atoms with Crippen LogP contribution >= 0.6 is 0 Å². The molecule has 3 aromatic rings. The zero-order chi connectivity index (χ0) is 34.5. The Hall–Kier alpha value is -5.64. The van der Waals surface area contributed by atoms with Gasteiger partial charge in [0.1, 0.15) is 23.9 Å². The Balaban J connectivity index is 1.85. The number of benzene rings is 2. The van der Waals surface area contributed by atoms with Crippen molar-refractivity contribution in [1.82, 2.24) is 20.9 Å². The maximum absolute atomic E-state index is 13.8. The number of carboxylic acid groups (broad SMARTS) is 1. The number of primary amides is 1. The smallest absolute Gasteiger partial charge is 0.326 e. The molecular weight excluding hydrogens is 610 g/mol. The van der Waals surface area contributed by atoms with Crippen LogP contribution in [0.1, 0.15) is 36.8 Å². The summed E-state index contributed by atoms with van der Waals surface area (Å²) in [4.78, 5) is 70.6. The summed E-state index contributed by atoms with van der Waals surface area (Å²) in [5.41, 5.74) is 24.0. The number of aromatic amines is 1. The van der Waals surface area contributed by atoms with Gasteiger partial charge in [-0.25, -0.2) is 4.79 Å². The van der Waals surface area contributed by atoms with Crippen LogP contribution in [-0.2, 0) is 36.8 Å². The lowest BCUT2D eigenvalue weighted by Crippen LogP contribution is -2.57. The second-order valence-electron chi connectivity index (χ2n) is 11.0. The van der Waals surface area contributed by atoms with E-state index in [1.807, 2.05) is 24.3 Å². The summed E-state index contributed by atoms with van der Waals surface area (Å²) in [6, 6.07) is 8.21. The standard InChI is InChI=1S/C31H41N9O7/c32-21(11-12-26(33)42)27(43)39-24(15-18-16-37-22-5-2-1-4-20(18)22)29(45)38-23(6-3-13-36-31(34)35)28(44)40-25(30(46)47)14-17-7-9-19(41)10-8-17/h1-2,4-5,7-10,16,21,23-25,37,41H,3,6,11-15,32H2,(H2,33,42)(H,38,45)(H,39,43)(H,40,44)(H,46,47)(H4,34,35,36). The lowest BCUT2D eigenvalue weighted by molar-refractivity contribution is -0.142. The van der Waals surface area contributed by atoms with Gasteiger partial charge in [0.2, 0.25) is 23.6 Å². The molecule has 0 bridgehead atoms. The number of nitrogens with one attached hydrogen (secondary N) is 4. The van der Waals surface area contributed by atoms with Crippen molar-refractivity contribution in [1.29, 1.82) is 0 Å². The van der Waals surface area contributed by atoms with Crippen molar-refractivity contribution >= 4 is 46.5 Å². The number of carboxylic acids is 1. The minimum Gasteiger partial charge on any atom is -0.508 e. The number of carbonyl (C=O) groups is 5. The summed E-state index contributed by atoms with van der Waals surface area (Å²) < 4.78 is 0. The first-order valence-electron chi connectivity index (χ1n) is 14.9. The minimum absolute atomic E-state index is 0.00341. The van der Waals surface area contributed by atoms with Gasteiger partial charge in [-0.15, -0.1) is 0 Å². The molecule has 0 aliphatic heterocycles. The predicted octanol–water partition coefficient (Wildman–Crippen LogP) is -1.16. The second kappa shape index (κ2) is 17.2. The molecule has 0 saturated carbocycles. The van der Waals surface area contributed by atoms with Gasteiger partial charge in [-0.1, -0.05) is 30.3 Å². The Labute approximate surface area is 270 Å². The lowest BCUT2D eigenvalue weighted by atomic mass is 10.0. The number of aromatic hydroxyl groups is 1. The van der Waals surface area contributed by atoms with E-state index in [2.05, 4.69) is 25.9 Å². The van der Waals surface area contributed by atoms with Crippen LogP contribution in [0.5, 0.6) is 5.75 Å². The van der Waals surface area contributed by atoms with Crippen molar-refractivity contribution in [3.8, 4) is 5.75 Å². The largest absolute Gasteiger partial charge is 0.508 e. The third-order valence-corrected chi connectivity index (χ3v) is 7.34. The number of H-pyrrole nitrogens is 1. The number of para-hydroxylation sites is 1. The van der Waals surface area contributed by atoms with Gasteiger partial charge in [-0.2, -0.15) is 0 Å². The summed E-state index contributed by atoms with van der Waals surface area (Å²) in [5, 5.41) is 27.9. The van der Waals surface area contributed by atoms with Crippen LogP contribution in [0, 0.1) is 0 Å². The molecule has 14 N–H and O–H groups in total. The molecule has 0 radical (unpaired) electrons. The van der Waals surface area contributed by atoms with Crippen molar-refractivity contribution in [2.24, 2.45) is 27.9 Å². The molecule has 47 heavy (non-hydrogen) atoms. The van der Waals surface area contributed by atoms with Gasteiger partial charge in [-0.05, 0) is 48.6 Å². The fraction of sp³-hybridized carbons (Fsp3) is 0.355. The Morgan fingerprint density at radius 2 is 1.45 bits per heavy atom. The Kier molecular flexibility index (Phi) is 13.1. The van der Waals surface area contributed by atoms with Crippen LogP contribution in [0.3, 0.4) is 0 Å². The number of fused-ring (bicyclic) bond motifs is 1. The average Bonchev–Trinajstić information content (AvgIpc) is 3.43. The zero-order valence-corrected chi connectivity index (χ0v) is 25.6. The van der Waals surface area contributed by atoms with Crippen LogP contribution in [0.2, 0.25) is 0 Å². The SMILES string of the molecule is NC(=O)CCC(N)C(=O)NC(Cc1c[nH]c2ccccc12)C(=O)NC(CCCN=C(N)N)C(=O)NC(Cc1ccc(O)cc1)C(=O)O. The molecule has 0 aliphatic rings. The minimum atomic E-state index is -1.37. The molecule has 16 heteroatoms. The fourth-order valence-electron chi connectivity index (χ4n) is 4.82. The zero-order valence-electron chi connectivity index (χ0n) is 25.6. The van der Waals surface area contributed by atoms with E-state index < -0.39 is 53.8 Å². The number of rotatable bonds is 18. The molecule has 1 aromatic heterocycles. The van der Waals surface area contributed by atoms with Crippen molar-refractivity contribution in [2.75, 3.05) is 6.54 Å². The van der Waals surface area contributed by atoms with E-state index in [1.54, 1.807) is 6.20 Å². The highest BCUT2D eigenvalue weighted by Crippen LogP contribution is 2.19. The van der Waals surface area contributed by atoms with E-state index in [0.717, 1.165) is 10.9 Å². The van der Waals surface area contributed by atoms with Crippen molar-refractivity contribution in [3.05, 3.63) is 65.9 Å². The first-order valence-corrected chi connectivity index (χ1v) is 14.9. The Morgan fingerprint density at radius 3 is 2.11 bits per heavy atom. The molecule has 0 aliphatic carbocycles. The first-order chi connectivity index (χ1) is 22.3. The number of hydrogen-bond acceptors (Lipinski definition) is 8. The van der Waals surface area contributed by atoms with Crippen molar-refractivity contribution < 1.29 is 34.2 Å². The Bertz CT molecular complexity index is 1590. The van der Waals surface area contributed by atoms with Crippen molar-refractivity contribution in [2.45, 2.75) is 62.7 Å². The van der Waals surface area contributed by atoms with E-state index in [1.165, 1.54) is 24.3 Å². The number of aliphatic carboxylic acids is 1. The number of carbonyl (C=O) groups excluding carboxylic acids is 4. The van der Waals surface area contributed by atoms with Gasteiger partial charge >= 0.3 is 5.97 Å². The highest BCUT2D eigenvalue weighted by molar-refractivity contribution is 5.95. The number of phenols is 1. The number of aromatic nitrogens is 1. The lowest BCUT2D eigenvalue weighted by Gasteiger charge is -2.25. The number of guanidine groups is 1. The van der Waals surface area contributed by atoms with Crippen LogP contribution in [0.25, 0.3) is 10.9 Å². The van der Waals surface area contributed by atoms with Gasteiger partial charge < -0.3 is 54.1 Å². The van der Waals surface area contributed by atoms with E-state index in [-0.39, 0.29) is 56.8 Å². The summed E-state index contributed by atoms with van der Waals surface area (Å²) in [5.74, 6) is -4.35. The maximum atomic E-state index is 13.8. The van der Waals surface area contributed by atoms with Gasteiger partial charge in [0.15, 0.2) is 5.96 Å². The molecule has 0 saturated heterocycles. The van der Waals surface area contributed by atoms with Crippen LogP contribution in [-0.4, -0.2) is 81.5 Å². The third-order valence-electron chi connectivity index (χ3n) is 7.34. The van der Waals surface area contributed by atoms with Gasteiger partial charge in [0, 0.05) is 42.9 Å². The summed E-state index contributed by atoms with van der Waals surface area (Å²) >= 11 is 0. The molecule has 16 nitrogen and oxygen atoms in total. The molecule has 4 unspecified atom stereocenters. The normalized spacial score (nSPS) is 13.5. The monoisotopic (exact) mass is 651 g/mol. The number of nitrogens with two attached hydrogens (primary N) is 4. The molecule has 2 aromatic carbocycles. The van der Waals surface area contributed by atoms with Gasteiger partial charge in [0.25, 0.3) is 0 Å². The number of amides is 4. The number of aliphatic imine (C=N–C) groups is 1. The molecule has 0 fully saturated rings. The highest BCUT2D eigenvalue weighted by atomic mass is 16.4. The third kappa shape index (κ3) is 11.3. The van der Waals surface area contributed by atoms with Crippen LogP contribution < -0.4 is 38.9 Å². The maximum Gasteiger partial charge on any atom is 0.326 e. The molecule has 4 amide bonds. The number of nitrogens with zero attached hydrogens (tertiary/aromatic N) is 1.